The first kappa shape index (κ1) is 51.1. The standard InChI is InChI=1S/C41H81NO11S/c1-3-5-7-9-11-13-14-15-16-17-18-19-20-21-23-24-26-28-30-35(44)34(42-37(45)31-29-27-25-22-12-10-8-6-4-2)33-51-41-39(47)40(53-54(48,49)50)38(46)36(32-43)52-41/h34-36,38-41,43-44,46-47H,3-33H2,1-2H3,(H,42,45)(H,48,49,50). The zero-order valence-electron chi connectivity index (χ0n) is 34.1. The normalized spacial score (nSPS) is 21.6. The van der Waals surface area contributed by atoms with Crippen molar-refractivity contribution in [2.24, 2.45) is 0 Å². The van der Waals surface area contributed by atoms with Gasteiger partial charge in [-0.15, -0.1) is 0 Å². The monoisotopic (exact) mass is 796 g/mol. The molecule has 7 unspecified atom stereocenters. The molecule has 0 radical (unpaired) electrons. The van der Waals surface area contributed by atoms with Gasteiger partial charge in [-0.3, -0.25) is 9.35 Å². The van der Waals surface area contributed by atoms with Gasteiger partial charge in [-0.2, -0.15) is 8.42 Å². The number of amides is 1. The maximum absolute atomic E-state index is 12.9. The first-order valence-electron chi connectivity index (χ1n) is 21.9. The highest BCUT2D eigenvalue weighted by atomic mass is 32.3. The quantitative estimate of drug-likeness (QED) is 0.0265. The number of hydrogen-bond acceptors (Lipinski definition) is 10. The van der Waals surface area contributed by atoms with Crippen molar-refractivity contribution in [1.82, 2.24) is 5.32 Å². The van der Waals surface area contributed by atoms with Gasteiger partial charge in [-0.05, 0) is 12.8 Å². The summed E-state index contributed by atoms with van der Waals surface area (Å²) >= 11 is 0. The van der Waals surface area contributed by atoms with E-state index in [9.17, 15) is 33.6 Å². The molecule has 0 bridgehead atoms. The van der Waals surface area contributed by atoms with Crippen molar-refractivity contribution < 1.29 is 51.8 Å². The second kappa shape index (κ2) is 33.1. The number of aliphatic hydroxyl groups excluding tert-OH is 4. The van der Waals surface area contributed by atoms with Crippen molar-refractivity contribution in [2.75, 3.05) is 13.2 Å². The Morgan fingerprint density at radius 1 is 0.667 bits per heavy atom. The second-order valence-electron chi connectivity index (χ2n) is 15.6. The number of unbranched alkanes of at least 4 members (excludes halogenated alkanes) is 25. The Morgan fingerprint density at radius 3 is 1.48 bits per heavy atom. The van der Waals surface area contributed by atoms with Crippen LogP contribution in [0.25, 0.3) is 0 Å². The van der Waals surface area contributed by atoms with Crippen LogP contribution in [0.15, 0.2) is 0 Å². The number of carbonyl (C=O) groups excluding carboxylic acids is 1. The van der Waals surface area contributed by atoms with Gasteiger partial charge in [0.1, 0.15) is 24.4 Å². The number of rotatable bonds is 37. The fourth-order valence-electron chi connectivity index (χ4n) is 7.22. The van der Waals surface area contributed by atoms with Crippen LogP contribution in [0.1, 0.15) is 200 Å². The summed E-state index contributed by atoms with van der Waals surface area (Å²) in [4.78, 5) is 12.9. The zero-order valence-corrected chi connectivity index (χ0v) is 34.9. The van der Waals surface area contributed by atoms with Gasteiger partial charge in [-0.25, -0.2) is 4.18 Å². The van der Waals surface area contributed by atoms with Crippen molar-refractivity contribution >= 4 is 16.3 Å². The molecule has 13 heteroatoms. The number of nitrogens with one attached hydrogen (secondary N) is 1. The fourth-order valence-corrected chi connectivity index (χ4v) is 7.73. The average Bonchev–Trinajstić information content (AvgIpc) is 3.14. The third kappa shape index (κ3) is 26.1. The Balaban J connectivity index is 2.48. The lowest BCUT2D eigenvalue weighted by Crippen LogP contribution is -2.61. The molecule has 322 valence electrons. The van der Waals surface area contributed by atoms with Crippen LogP contribution in [0, 0.1) is 0 Å². The van der Waals surface area contributed by atoms with Gasteiger partial charge in [0.05, 0.1) is 25.4 Å². The first-order chi connectivity index (χ1) is 26.0. The van der Waals surface area contributed by atoms with E-state index in [0.717, 1.165) is 51.4 Å². The van der Waals surface area contributed by atoms with Gasteiger partial charge in [0.2, 0.25) is 5.91 Å². The topological polar surface area (TPSA) is 192 Å². The van der Waals surface area contributed by atoms with E-state index in [-0.39, 0.29) is 12.5 Å². The maximum Gasteiger partial charge on any atom is 0.397 e. The Morgan fingerprint density at radius 2 is 1.07 bits per heavy atom. The summed E-state index contributed by atoms with van der Waals surface area (Å²) in [5.74, 6) is -0.232. The van der Waals surface area contributed by atoms with E-state index < -0.39 is 59.9 Å². The maximum atomic E-state index is 12.9. The highest BCUT2D eigenvalue weighted by Gasteiger charge is 2.48. The minimum absolute atomic E-state index is 0.232. The molecule has 1 aliphatic rings. The predicted molar refractivity (Wildman–Crippen MR) is 213 cm³/mol. The highest BCUT2D eigenvalue weighted by molar-refractivity contribution is 7.80. The third-order valence-corrected chi connectivity index (χ3v) is 11.1. The molecule has 1 fully saturated rings. The summed E-state index contributed by atoms with van der Waals surface area (Å²) in [6, 6.07) is -0.849. The lowest BCUT2D eigenvalue weighted by Gasteiger charge is -2.41. The molecule has 54 heavy (non-hydrogen) atoms. The Bertz CT molecular complexity index is 988. The van der Waals surface area contributed by atoms with E-state index in [2.05, 4.69) is 23.3 Å². The summed E-state index contributed by atoms with van der Waals surface area (Å²) in [6.45, 7) is 3.42. The van der Waals surface area contributed by atoms with Crippen molar-refractivity contribution in [3.63, 3.8) is 0 Å². The van der Waals surface area contributed by atoms with Gasteiger partial charge in [0.25, 0.3) is 0 Å². The minimum Gasteiger partial charge on any atom is -0.394 e. The van der Waals surface area contributed by atoms with Crippen LogP contribution in [-0.4, -0.2) is 95.4 Å². The van der Waals surface area contributed by atoms with Crippen LogP contribution in [0.3, 0.4) is 0 Å². The van der Waals surface area contributed by atoms with Crippen LogP contribution in [0.5, 0.6) is 0 Å². The Labute approximate surface area is 328 Å². The van der Waals surface area contributed by atoms with E-state index in [0.29, 0.717) is 12.8 Å². The van der Waals surface area contributed by atoms with Gasteiger partial charge < -0.3 is 35.2 Å². The zero-order chi connectivity index (χ0) is 39.9. The van der Waals surface area contributed by atoms with Crippen LogP contribution in [0.2, 0.25) is 0 Å². The van der Waals surface area contributed by atoms with E-state index in [1.165, 1.54) is 122 Å². The van der Waals surface area contributed by atoms with Crippen molar-refractivity contribution in [3.8, 4) is 0 Å². The largest absolute Gasteiger partial charge is 0.397 e. The molecule has 0 saturated carbocycles. The summed E-state index contributed by atoms with van der Waals surface area (Å²) in [5.41, 5.74) is 0. The lowest BCUT2D eigenvalue weighted by molar-refractivity contribution is -0.298. The fraction of sp³-hybridized carbons (Fsp3) is 0.976. The van der Waals surface area contributed by atoms with Crippen LogP contribution < -0.4 is 5.32 Å². The van der Waals surface area contributed by atoms with Crippen LogP contribution in [0.4, 0.5) is 0 Å². The molecule has 0 aromatic carbocycles. The van der Waals surface area contributed by atoms with Gasteiger partial charge in [0, 0.05) is 6.42 Å². The predicted octanol–water partition coefficient (Wildman–Crippen LogP) is 7.83. The molecule has 1 rings (SSSR count). The molecule has 7 atom stereocenters. The van der Waals surface area contributed by atoms with E-state index in [4.69, 9.17) is 14.0 Å². The third-order valence-electron chi connectivity index (χ3n) is 10.7. The first-order valence-corrected chi connectivity index (χ1v) is 23.3. The average molecular weight is 796 g/mol. The number of ether oxygens (including phenoxy) is 2. The summed E-state index contributed by atoms with van der Waals surface area (Å²) < 4.78 is 47.5. The van der Waals surface area contributed by atoms with E-state index >= 15 is 0 Å². The molecule has 1 heterocycles. The van der Waals surface area contributed by atoms with Gasteiger partial charge in [-0.1, -0.05) is 181 Å². The molecule has 0 aromatic rings. The SMILES string of the molecule is CCCCCCCCCCCCCCCCCCCCC(O)C(COC1OC(CO)C(O)C(OS(=O)(=O)O)C1O)NC(=O)CCCCCCCCCCC. The molecule has 0 aliphatic carbocycles. The number of aliphatic hydroxyl groups is 4. The molecular weight excluding hydrogens is 715 g/mol. The molecular formula is C41H81NO11S. The molecule has 12 nitrogen and oxygen atoms in total. The summed E-state index contributed by atoms with van der Waals surface area (Å²) in [6.07, 6.45) is 24.0. The molecule has 6 N–H and O–H groups in total. The van der Waals surface area contributed by atoms with E-state index in [1.54, 1.807) is 0 Å². The Hall–Kier alpha value is -0.900. The molecule has 0 spiro atoms. The second-order valence-corrected chi connectivity index (χ2v) is 16.7. The van der Waals surface area contributed by atoms with Crippen molar-refractivity contribution in [3.05, 3.63) is 0 Å². The van der Waals surface area contributed by atoms with Crippen molar-refractivity contribution in [2.45, 2.75) is 243 Å². The molecule has 1 aliphatic heterocycles. The Kier molecular flexibility index (Phi) is 31.3. The van der Waals surface area contributed by atoms with Gasteiger partial charge >= 0.3 is 10.4 Å². The minimum atomic E-state index is -5.07. The van der Waals surface area contributed by atoms with Crippen LogP contribution >= 0.6 is 0 Å². The smallest absolute Gasteiger partial charge is 0.394 e. The van der Waals surface area contributed by atoms with Crippen molar-refractivity contribution in [1.29, 1.82) is 0 Å². The molecule has 0 aromatic heterocycles. The van der Waals surface area contributed by atoms with Crippen LogP contribution in [-0.2, 0) is 28.9 Å². The number of hydrogen-bond donors (Lipinski definition) is 6. The highest BCUT2D eigenvalue weighted by Crippen LogP contribution is 2.26. The molecule has 1 saturated heterocycles. The molecule has 1 amide bonds. The number of carbonyl (C=O) groups is 1. The lowest BCUT2D eigenvalue weighted by atomic mass is 9.99. The summed E-state index contributed by atoms with van der Waals surface area (Å²) in [7, 11) is -5.07. The van der Waals surface area contributed by atoms with Gasteiger partial charge in [0.15, 0.2) is 6.29 Å². The summed E-state index contributed by atoms with van der Waals surface area (Å²) in [5, 5.41) is 44.7. The van der Waals surface area contributed by atoms with E-state index in [1.807, 2.05) is 0 Å².